The minimum Gasteiger partial charge on any atom is -0.393 e. The molecule has 1 aliphatic rings. The van der Waals surface area contributed by atoms with E-state index in [9.17, 15) is 5.11 Å². The van der Waals surface area contributed by atoms with Crippen molar-refractivity contribution in [2.75, 3.05) is 25.0 Å². The Labute approximate surface area is 103 Å². The number of aliphatic hydroxyl groups excluding tert-OH is 1. The van der Waals surface area contributed by atoms with Gasteiger partial charge < -0.3 is 10.4 Å². The topological polar surface area (TPSA) is 48.4 Å². The van der Waals surface area contributed by atoms with Crippen LogP contribution in [0.1, 0.15) is 25.5 Å². The van der Waals surface area contributed by atoms with E-state index >= 15 is 0 Å². The van der Waals surface area contributed by atoms with Crippen LogP contribution in [0.4, 0.5) is 5.69 Å². The van der Waals surface area contributed by atoms with E-state index in [0.29, 0.717) is 0 Å². The van der Waals surface area contributed by atoms with Crippen molar-refractivity contribution in [3.63, 3.8) is 0 Å². The van der Waals surface area contributed by atoms with Crippen LogP contribution in [0, 0.1) is 0 Å². The first-order chi connectivity index (χ1) is 8.28. The zero-order valence-corrected chi connectivity index (χ0v) is 10.4. The van der Waals surface area contributed by atoms with Gasteiger partial charge in [0.2, 0.25) is 0 Å². The van der Waals surface area contributed by atoms with E-state index < -0.39 is 0 Å². The quantitative estimate of drug-likeness (QED) is 0.829. The van der Waals surface area contributed by atoms with Crippen LogP contribution in [0.2, 0.25) is 0 Å². The van der Waals surface area contributed by atoms with E-state index in [1.807, 2.05) is 12.3 Å². The van der Waals surface area contributed by atoms with Gasteiger partial charge in [-0.3, -0.25) is 9.88 Å². The summed E-state index contributed by atoms with van der Waals surface area (Å²) in [5.74, 6) is 0. The van der Waals surface area contributed by atoms with E-state index in [1.54, 1.807) is 0 Å². The van der Waals surface area contributed by atoms with Gasteiger partial charge in [0.15, 0.2) is 0 Å². The SMILES string of the molecule is CCNc1ccnc(CN2CCC(O)CC2)c1. The number of piperidine rings is 1. The third-order valence-electron chi connectivity index (χ3n) is 3.14. The highest BCUT2D eigenvalue weighted by atomic mass is 16.3. The van der Waals surface area contributed by atoms with Crippen LogP contribution in [0.5, 0.6) is 0 Å². The van der Waals surface area contributed by atoms with Crippen molar-refractivity contribution in [2.24, 2.45) is 0 Å². The molecule has 2 heterocycles. The minimum atomic E-state index is -0.104. The van der Waals surface area contributed by atoms with Gasteiger partial charge in [0.25, 0.3) is 0 Å². The molecule has 0 aliphatic carbocycles. The van der Waals surface area contributed by atoms with Crippen molar-refractivity contribution in [1.82, 2.24) is 9.88 Å². The Morgan fingerprint density at radius 1 is 1.47 bits per heavy atom. The van der Waals surface area contributed by atoms with E-state index in [0.717, 1.165) is 50.4 Å². The van der Waals surface area contributed by atoms with Crippen molar-refractivity contribution < 1.29 is 5.11 Å². The molecule has 4 heteroatoms. The first kappa shape index (κ1) is 12.3. The lowest BCUT2D eigenvalue weighted by atomic mass is 10.1. The molecule has 1 fully saturated rings. The van der Waals surface area contributed by atoms with Crippen molar-refractivity contribution in [2.45, 2.75) is 32.4 Å². The number of likely N-dealkylation sites (tertiary alicyclic amines) is 1. The van der Waals surface area contributed by atoms with Crippen molar-refractivity contribution in [1.29, 1.82) is 0 Å². The number of anilines is 1. The average Bonchev–Trinajstić information content (AvgIpc) is 2.33. The summed E-state index contributed by atoms with van der Waals surface area (Å²) >= 11 is 0. The number of aliphatic hydroxyl groups is 1. The molecule has 17 heavy (non-hydrogen) atoms. The Morgan fingerprint density at radius 3 is 2.94 bits per heavy atom. The second-order valence-electron chi connectivity index (χ2n) is 4.57. The van der Waals surface area contributed by atoms with E-state index in [-0.39, 0.29) is 6.10 Å². The first-order valence-corrected chi connectivity index (χ1v) is 6.37. The van der Waals surface area contributed by atoms with Crippen LogP contribution in [0.15, 0.2) is 18.3 Å². The first-order valence-electron chi connectivity index (χ1n) is 6.37. The molecular formula is C13H21N3O. The molecule has 0 unspecified atom stereocenters. The fraction of sp³-hybridized carbons (Fsp3) is 0.615. The van der Waals surface area contributed by atoms with Gasteiger partial charge in [-0.1, -0.05) is 0 Å². The fourth-order valence-corrected chi connectivity index (χ4v) is 2.19. The summed E-state index contributed by atoms with van der Waals surface area (Å²) in [6.07, 6.45) is 3.51. The molecule has 0 bridgehead atoms. The lowest BCUT2D eigenvalue weighted by molar-refractivity contribution is 0.0787. The summed E-state index contributed by atoms with van der Waals surface area (Å²) in [7, 11) is 0. The van der Waals surface area contributed by atoms with Gasteiger partial charge in [0.1, 0.15) is 0 Å². The molecule has 4 nitrogen and oxygen atoms in total. The average molecular weight is 235 g/mol. The predicted octanol–water partition coefficient (Wildman–Crippen LogP) is 1.47. The monoisotopic (exact) mass is 235 g/mol. The fourth-order valence-electron chi connectivity index (χ4n) is 2.19. The number of nitrogens with one attached hydrogen (secondary N) is 1. The second-order valence-corrected chi connectivity index (χ2v) is 4.57. The second kappa shape index (κ2) is 5.98. The number of aromatic nitrogens is 1. The molecule has 0 atom stereocenters. The normalized spacial score (nSPS) is 18.2. The zero-order valence-electron chi connectivity index (χ0n) is 10.4. The van der Waals surface area contributed by atoms with E-state index in [2.05, 4.69) is 28.2 Å². The Balaban J connectivity index is 1.91. The van der Waals surface area contributed by atoms with Gasteiger partial charge in [-0.05, 0) is 31.9 Å². The predicted molar refractivity (Wildman–Crippen MR) is 68.9 cm³/mol. The summed E-state index contributed by atoms with van der Waals surface area (Å²) in [4.78, 5) is 6.74. The van der Waals surface area contributed by atoms with Gasteiger partial charge in [-0.25, -0.2) is 0 Å². The largest absolute Gasteiger partial charge is 0.393 e. The number of nitrogens with zero attached hydrogens (tertiary/aromatic N) is 2. The van der Waals surface area contributed by atoms with E-state index in [4.69, 9.17) is 0 Å². The van der Waals surface area contributed by atoms with Crippen LogP contribution in [-0.4, -0.2) is 40.7 Å². The summed E-state index contributed by atoms with van der Waals surface area (Å²) in [5, 5.41) is 12.7. The molecule has 1 aromatic rings. The molecule has 2 rings (SSSR count). The summed E-state index contributed by atoms with van der Waals surface area (Å²) in [5.41, 5.74) is 2.23. The maximum Gasteiger partial charge on any atom is 0.0564 e. The van der Waals surface area contributed by atoms with Crippen molar-refractivity contribution in [3.05, 3.63) is 24.0 Å². The molecule has 0 spiro atoms. The van der Waals surface area contributed by atoms with Crippen molar-refractivity contribution >= 4 is 5.69 Å². The maximum absolute atomic E-state index is 9.45. The third-order valence-corrected chi connectivity index (χ3v) is 3.14. The highest BCUT2D eigenvalue weighted by Gasteiger charge is 2.17. The maximum atomic E-state index is 9.45. The molecule has 2 N–H and O–H groups in total. The smallest absolute Gasteiger partial charge is 0.0564 e. The molecule has 1 aliphatic heterocycles. The molecule has 94 valence electrons. The molecule has 0 radical (unpaired) electrons. The van der Waals surface area contributed by atoms with Crippen LogP contribution < -0.4 is 5.32 Å². The van der Waals surface area contributed by atoms with E-state index in [1.165, 1.54) is 0 Å². The van der Waals surface area contributed by atoms with Crippen LogP contribution in [-0.2, 0) is 6.54 Å². The minimum absolute atomic E-state index is 0.104. The molecule has 0 aromatic carbocycles. The standard InChI is InChI=1S/C13H21N3O/c1-2-14-11-3-6-15-12(9-11)10-16-7-4-13(17)5-8-16/h3,6,9,13,17H,2,4-5,7-8,10H2,1H3,(H,14,15). The lowest BCUT2D eigenvalue weighted by Gasteiger charge is -2.29. The highest BCUT2D eigenvalue weighted by Crippen LogP contribution is 2.14. The Kier molecular flexibility index (Phi) is 4.34. The zero-order chi connectivity index (χ0) is 12.1. The Hall–Kier alpha value is -1.13. The van der Waals surface area contributed by atoms with Crippen LogP contribution >= 0.6 is 0 Å². The van der Waals surface area contributed by atoms with Crippen LogP contribution in [0.3, 0.4) is 0 Å². The third kappa shape index (κ3) is 3.68. The molecule has 1 saturated heterocycles. The summed E-state index contributed by atoms with van der Waals surface area (Å²) in [6.45, 7) is 5.83. The number of hydrogen-bond donors (Lipinski definition) is 2. The van der Waals surface area contributed by atoms with Crippen molar-refractivity contribution in [3.8, 4) is 0 Å². The van der Waals surface area contributed by atoms with Gasteiger partial charge in [0, 0.05) is 38.1 Å². The van der Waals surface area contributed by atoms with Crippen LogP contribution in [0.25, 0.3) is 0 Å². The van der Waals surface area contributed by atoms with Gasteiger partial charge >= 0.3 is 0 Å². The molecule has 0 saturated carbocycles. The van der Waals surface area contributed by atoms with Gasteiger partial charge in [0.05, 0.1) is 11.8 Å². The summed E-state index contributed by atoms with van der Waals surface area (Å²) < 4.78 is 0. The summed E-state index contributed by atoms with van der Waals surface area (Å²) in [6, 6.07) is 4.10. The highest BCUT2D eigenvalue weighted by molar-refractivity contribution is 5.42. The Bertz CT molecular complexity index is 348. The Morgan fingerprint density at radius 2 is 2.24 bits per heavy atom. The number of hydrogen-bond acceptors (Lipinski definition) is 4. The molecular weight excluding hydrogens is 214 g/mol. The lowest BCUT2D eigenvalue weighted by Crippen LogP contribution is -2.35. The number of pyridine rings is 1. The molecule has 1 aromatic heterocycles. The molecule has 0 amide bonds. The number of rotatable bonds is 4. The van der Waals surface area contributed by atoms with Gasteiger partial charge in [-0.15, -0.1) is 0 Å². The van der Waals surface area contributed by atoms with Gasteiger partial charge in [-0.2, -0.15) is 0 Å².